The van der Waals surface area contributed by atoms with Gasteiger partial charge in [-0.05, 0) is 32.3 Å². The first-order chi connectivity index (χ1) is 7.59. The molecule has 0 saturated carbocycles. The summed E-state index contributed by atoms with van der Waals surface area (Å²) in [4.78, 5) is 2.62. The molecule has 2 atom stereocenters. The summed E-state index contributed by atoms with van der Waals surface area (Å²) in [7, 11) is 0. The van der Waals surface area contributed by atoms with E-state index in [-0.39, 0.29) is 0 Å². The summed E-state index contributed by atoms with van der Waals surface area (Å²) in [6.45, 7) is 10.4. The summed E-state index contributed by atoms with van der Waals surface area (Å²) in [5.74, 6) is 0.725. The molecule has 1 aliphatic heterocycles. The molecule has 1 aliphatic rings. The van der Waals surface area contributed by atoms with Crippen molar-refractivity contribution in [3.63, 3.8) is 0 Å². The maximum Gasteiger partial charge on any atom is 0.0661 e. The molecule has 0 bridgehead atoms. The van der Waals surface area contributed by atoms with Crippen LogP contribution in [0.2, 0.25) is 0 Å². The lowest BCUT2D eigenvalue weighted by Crippen LogP contribution is -2.38. The fraction of sp³-hybridized carbons (Fsp3) is 0.769. The predicted octanol–water partition coefficient (Wildman–Crippen LogP) is 2.56. The Hall–Kier alpha value is -0.830. The van der Waals surface area contributed by atoms with Gasteiger partial charge in [0.2, 0.25) is 0 Å². The van der Waals surface area contributed by atoms with Crippen molar-refractivity contribution in [2.45, 2.75) is 52.2 Å². The molecular weight excluding hydrogens is 198 g/mol. The topological polar surface area (TPSA) is 21.1 Å². The Morgan fingerprint density at radius 2 is 2.00 bits per heavy atom. The molecule has 90 valence electrons. The van der Waals surface area contributed by atoms with Gasteiger partial charge in [0.15, 0.2) is 0 Å². The lowest BCUT2D eigenvalue weighted by atomic mass is 10.00. The van der Waals surface area contributed by atoms with E-state index in [0.29, 0.717) is 18.1 Å². The van der Waals surface area contributed by atoms with Crippen LogP contribution in [-0.4, -0.2) is 33.3 Å². The fourth-order valence-corrected chi connectivity index (χ4v) is 2.80. The standard InChI is InChI=1S/C13H23N3/c1-10(2)13-8-12(9-15(13)11(3)4)16-7-5-6-14-16/h5-7,10-13H,8-9H2,1-4H3/t12-,13-/m0/s1. The van der Waals surface area contributed by atoms with Gasteiger partial charge in [-0.25, -0.2) is 0 Å². The highest BCUT2D eigenvalue weighted by Gasteiger charge is 2.36. The van der Waals surface area contributed by atoms with Crippen LogP contribution in [0.4, 0.5) is 0 Å². The molecule has 0 spiro atoms. The van der Waals surface area contributed by atoms with Gasteiger partial charge in [0.1, 0.15) is 0 Å². The van der Waals surface area contributed by atoms with E-state index in [9.17, 15) is 0 Å². The van der Waals surface area contributed by atoms with E-state index in [4.69, 9.17) is 0 Å². The van der Waals surface area contributed by atoms with Crippen LogP contribution in [0.1, 0.15) is 40.2 Å². The number of aromatic nitrogens is 2. The highest BCUT2D eigenvalue weighted by Crippen LogP contribution is 2.32. The summed E-state index contributed by atoms with van der Waals surface area (Å²) in [6.07, 6.45) is 5.20. The van der Waals surface area contributed by atoms with Gasteiger partial charge >= 0.3 is 0 Å². The van der Waals surface area contributed by atoms with Gasteiger partial charge in [-0.1, -0.05) is 13.8 Å². The van der Waals surface area contributed by atoms with E-state index in [1.807, 2.05) is 12.3 Å². The van der Waals surface area contributed by atoms with Gasteiger partial charge in [0.25, 0.3) is 0 Å². The number of rotatable bonds is 3. The van der Waals surface area contributed by atoms with Crippen molar-refractivity contribution in [1.29, 1.82) is 0 Å². The Labute approximate surface area is 98.4 Å². The van der Waals surface area contributed by atoms with Gasteiger partial charge in [-0.15, -0.1) is 0 Å². The zero-order valence-corrected chi connectivity index (χ0v) is 10.8. The molecular formula is C13H23N3. The van der Waals surface area contributed by atoms with Crippen molar-refractivity contribution >= 4 is 0 Å². The molecule has 0 aliphatic carbocycles. The number of hydrogen-bond donors (Lipinski definition) is 0. The predicted molar refractivity (Wildman–Crippen MR) is 66.3 cm³/mol. The third kappa shape index (κ3) is 2.14. The van der Waals surface area contributed by atoms with Crippen LogP contribution in [0.5, 0.6) is 0 Å². The third-order valence-electron chi connectivity index (χ3n) is 3.69. The van der Waals surface area contributed by atoms with Gasteiger partial charge in [0, 0.05) is 31.0 Å². The third-order valence-corrected chi connectivity index (χ3v) is 3.69. The lowest BCUT2D eigenvalue weighted by molar-refractivity contribution is 0.164. The quantitative estimate of drug-likeness (QED) is 0.782. The minimum Gasteiger partial charge on any atom is -0.296 e. The van der Waals surface area contributed by atoms with Crippen LogP contribution in [0.15, 0.2) is 18.5 Å². The zero-order chi connectivity index (χ0) is 11.7. The number of nitrogens with zero attached hydrogens (tertiary/aromatic N) is 3. The average Bonchev–Trinajstić information content (AvgIpc) is 2.86. The van der Waals surface area contributed by atoms with E-state index >= 15 is 0 Å². The molecule has 0 unspecified atom stereocenters. The SMILES string of the molecule is CC(C)[C@@H]1C[C@H](n2cccn2)CN1C(C)C. The first-order valence-corrected chi connectivity index (χ1v) is 6.34. The summed E-state index contributed by atoms with van der Waals surface area (Å²) < 4.78 is 2.12. The number of likely N-dealkylation sites (tertiary alicyclic amines) is 1. The van der Waals surface area contributed by atoms with Crippen LogP contribution in [-0.2, 0) is 0 Å². The number of hydrogen-bond acceptors (Lipinski definition) is 2. The first kappa shape index (κ1) is 11.6. The molecule has 1 aromatic rings. The second-order valence-electron chi connectivity index (χ2n) is 5.48. The monoisotopic (exact) mass is 221 g/mol. The maximum absolute atomic E-state index is 4.38. The molecule has 0 N–H and O–H groups in total. The molecule has 0 amide bonds. The Kier molecular flexibility index (Phi) is 3.33. The summed E-state index contributed by atoms with van der Waals surface area (Å²) in [5, 5.41) is 4.38. The smallest absolute Gasteiger partial charge is 0.0661 e. The second kappa shape index (κ2) is 4.58. The van der Waals surface area contributed by atoms with E-state index in [1.54, 1.807) is 0 Å². The van der Waals surface area contributed by atoms with Gasteiger partial charge in [-0.3, -0.25) is 9.58 Å². The molecule has 0 aromatic carbocycles. The van der Waals surface area contributed by atoms with Gasteiger partial charge in [0.05, 0.1) is 6.04 Å². The maximum atomic E-state index is 4.38. The van der Waals surface area contributed by atoms with Gasteiger partial charge in [-0.2, -0.15) is 5.10 Å². The highest BCUT2D eigenvalue weighted by molar-refractivity contribution is 4.93. The van der Waals surface area contributed by atoms with Crippen LogP contribution in [0.25, 0.3) is 0 Å². The summed E-state index contributed by atoms with van der Waals surface area (Å²) in [5.41, 5.74) is 0. The molecule has 1 saturated heterocycles. The molecule has 2 heterocycles. The van der Waals surface area contributed by atoms with E-state index in [1.165, 1.54) is 6.42 Å². The molecule has 3 nitrogen and oxygen atoms in total. The summed E-state index contributed by atoms with van der Waals surface area (Å²) in [6, 6.07) is 3.91. The van der Waals surface area contributed by atoms with Crippen molar-refractivity contribution in [3.05, 3.63) is 18.5 Å². The molecule has 16 heavy (non-hydrogen) atoms. The van der Waals surface area contributed by atoms with Crippen LogP contribution in [0, 0.1) is 5.92 Å². The molecule has 1 fully saturated rings. The largest absolute Gasteiger partial charge is 0.296 e. The molecule has 0 radical (unpaired) electrons. The first-order valence-electron chi connectivity index (χ1n) is 6.34. The van der Waals surface area contributed by atoms with Crippen molar-refractivity contribution in [2.75, 3.05) is 6.54 Å². The summed E-state index contributed by atoms with van der Waals surface area (Å²) >= 11 is 0. The van der Waals surface area contributed by atoms with E-state index < -0.39 is 0 Å². The van der Waals surface area contributed by atoms with Crippen molar-refractivity contribution in [1.82, 2.24) is 14.7 Å². The molecule has 2 rings (SSSR count). The Bertz CT molecular complexity index is 300. The Balaban J connectivity index is 2.12. The highest BCUT2D eigenvalue weighted by atomic mass is 15.3. The van der Waals surface area contributed by atoms with Crippen LogP contribution >= 0.6 is 0 Å². The van der Waals surface area contributed by atoms with Crippen LogP contribution < -0.4 is 0 Å². The molecule has 3 heteroatoms. The average molecular weight is 221 g/mol. The minimum absolute atomic E-state index is 0.560. The Morgan fingerprint density at radius 1 is 1.25 bits per heavy atom. The van der Waals surface area contributed by atoms with Crippen molar-refractivity contribution in [2.24, 2.45) is 5.92 Å². The lowest BCUT2D eigenvalue weighted by Gasteiger charge is -2.30. The minimum atomic E-state index is 0.560. The van der Waals surface area contributed by atoms with E-state index in [0.717, 1.165) is 12.5 Å². The second-order valence-corrected chi connectivity index (χ2v) is 5.48. The van der Waals surface area contributed by atoms with Gasteiger partial charge < -0.3 is 0 Å². The normalized spacial score (nSPS) is 27.1. The van der Waals surface area contributed by atoms with Crippen LogP contribution in [0.3, 0.4) is 0 Å². The van der Waals surface area contributed by atoms with Crippen molar-refractivity contribution in [3.8, 4) is 0 Å². The zero-order valence-electron chi connectivity index (χ0n) is 10.8. The fourth-order valence-electron chi connectivity index (χ4n) is 2.80. The molecule has 1 aromatic heterocycles. The van der Waals surface area contributed by atoms with E-state index in [2.05, 4.69) is 48.6 Å². The Morgan fingerprint density at radius 3 is 2.44 bits per heavy atom. The van der Waals surface area contributed by atoms with Crippen molar-refractivity contribution < 1.29 is 0 Å².